The molecule has 0 fully saturated rings. The Bertz CT molecular complexity index is 1500. The average molecular weight is 487 g/mol. The number of ether oxygens (including phenoxy) is 1. The minimum absolute atomic E-state index is 0.0287. The van der Waals surface area contributed by atoms with E-state index < -0.39 is 23.5 Å². The zero-order valence-corrected chi connectivity index (χ0v) is 20.0. The van der Waals surface area contributed by atoms with Gasteiger partial charge in [-0.05, 0) is 60.9 Å². The Balaban J connectivity index is 1.68. The number of ketones is 1. The fraction of sp³-hybridized carbons (Fsp3) is 0.148. The first kappa shape index (κ1) is 22.6. The Labute approximate surface area is 205 Å². The topological polar surface area (TPSA) is 92.9 Å². The number of carbonyl (C=O) groups excluding carboxylic acids is 2. The maximum atomic E-state index is 13.4. The van der Waals surface area contributed by atoms with Crippen LogP contribution in [-0.2, 0) is 4.79 Å². The first-order chi connectivity index (χ1) is 16.9. The van der Waals surface area contributed by atoms with Crippen molar-refractivity contribution in [2.24, 2.45) is 0 Å². The predicted molar refractivity (Wildman–Crippen MR) is 134 cm³/mol. The van der Waals surface area contributed by atoms with Gasteiger partial charge in [0.05, 0.1) is 28.1 Å². The van der Waals surface area contributed by atoms with Crippen LogP contribution in [0.5, 0.6) is 5.75 Å². The third-order valence-corrected chi connectivity index (χ3v) is 6.77. The summed E-state index contributed by atoms with van der Waals surface area (Å²) in [4.78, 5) is 32.9. The number of fused-ring (bicyclic) bond motifs is 1. The molecule has 0 saturated heterocycles. The molecule has 35 heavy (non-hydrogen) atoms. The second-order valence-corrected chi connectivity index (χ2v) is 9.25. The Hall–Kier alpha value is -4.17. The molecular weight excluding hydrogens is 464 g/mol. The number of nitrogens with zero attached hydrogens (tertiary/aromatic N) is 2. The minimum atomic E-state index is -0.922. The zero-order valence-electron chi connectivity index (χ0n) is 19.1. The molecule has 4 aromatic rings. The van der Waals surface area contributed by atoms with Gasteiger partial charge in [-0.1, -0.05) is 42.2 Å². The first-order valence-corrected chi connectivity index (χ1v) is 11.8. The van der Waals surface area contributed by atoms with Crippen LogP contribution in [0.15, 0.2) is 83.2 Å². The number of hydrogen-bond donors (Lipinski definition) is 1. The van der Waals surface area contributed by atoms with Crippen LogP contribution in [0, 0.1) is 13.8 Å². The maximum absolute atomic E-state index is 13.4. The van der Waals surface area contributed by atoms with Gasteiger partial charge in [0.25, 0.3) is 5.91 Å². The van der Waals surface area contributed by atoms with Gasteiger partial charge in [-0.25, -0.2) is 4.98 Å². The lowest BCUT2D eigenvalue weighted by atomic mass is 9.95. The highest BCUT2D eigenvalue weighted by atomic mass is 32.1. The number of aromatic nitrogens is 1. The van der Waals surface area contributed by atoms with Crippen LogP contribution < -0.4 is 9.64 Å². The molecule has 5 rings (SSSR count). The van der Waals surface area contributed by atoms with Gasteiger partial charge in [0, 0.05) is 0 Å². The van der Waals surface area contributed by atoms with Gasteiger partial charge in [0.1, 0.15) is 12.4 Å². The summed E-state index contributed by atoms with van der Waals surface area (Å²) in [5.74, 6) is -1.32. The number of aliphatic hydroxyl groups is 1. The van der Waals surface area contributed by atoms with Crippen molar-refractivity contribution in [1.29, 1.82) is 0 Å². The SMILES string of the molecule is C=CCOc1cccc(C2C(C(=O)c3ccco3)=C(O)C(=O)N2c2nc3c(C)cc(C)cc3s2)c1. The molecule has 2 aromatic heterocycles. The molecule has 0 bridgehead atoms. The number of rotatable bonds is 7. The summed E-state index contributed by atoms with van der Waals surface area (Å²) in [6, 6.07) is 13.3. The lowest BCUT2D eigenvalue weighted by Gasteiger charge is -2.24. The number of furan rings is 1. The molecule has 1 unspecified atom stereocenters. The van der Waals surface area contributed by atoms with Crippen molar-refractivity contribution in [3.8, 4) is 5.75 Å². The number of aryl methyl sites for hydroxylation is 2. The van der Waals surface area contributed by atoms with E-state index >= 15 is 0 Å². The summed E-state index contributed by atoms with van der Waals surface area (Å²) >= 11 is 1.33. The van der Waals surface area contributed by atoms with Crippen molar-refractivity contribution in [3.05, 3.63) is 101 Å². The quantitative estimate of drug-likeness (QED) is 0.260. The zero-order chi connectivity index (χ0) is 24.7. The lowest BCUT2D eigenvalue weighted by molar-refractivity contribution is -0.117. The number of hydrogen-bond acceptors (Lipinski definition) is 7. The molecule has 7 nitrogen and oxygen atoms in total. The number of anilines is 1. The molecule has 1 N–H and O–H groups in total. The van der Waals surface area contributed by atoms with E-state index in [0.29, 0.717) is 23.1 Å². The summed E-state index contributed by atoms with van der Waals surface area (Å²) in [6.45, 7) is 7.92. The summed E-state index contributed by atoms with van der Waals surface area (Å²) < 4.78 is 11.9. The van der Waals surface area contributed by atoms with Gasteiger partial charge in [0.15, 0.2) is 16.7 Å². The van der Waals surface area contributed by atoms with E-state index in [0.717, 1.165) is 21.3 Å². The number of thiazole rings is 1. The van der Waals surface area contributed by atoms with Crippen LogP contribution in [0.1, 0.15) is 33.3 Å². The van der Waals surface area contributed by atoms with E-state index in [-0.39, 0.29) is 11.3 Å². The van der Waals surface area contributed by atoms with E-state index in [1.54, 1.807) is 36.4 Å². The van der Waals surface area contributed by atoms with Gasteiger partial charge in [0.2, 0.25) is 5.78 Å². The van der Waals surface area contributed by atoms with E-state index in [4.69, 9.17) is 14.1 Å². The highest BCUT2D eigenvalue weighted by Gasteiger charge is 2.46. The summed E-state index contributed by atoms with van der Waals surface area (Å²) in [7, 11) is 0. The number of amides is 1. The van der Waals surface area contributed by atoms with Crippen LogP contribution in [0.25, 0.3) is 10.2 Å². The van der Waals surface area contributed by atoms with Crippen molar-refractivity contribution in [3.63, 3.8) is 0 Å². The molecule has 0 aliphatic carbocycles. The third kappa shape index (κ3) is 3.91. The molecule has 0 saturated carbocycles. The molecule has 8 heteroatoms. The first-order valence-electron chi connectivity index (χ1n) is 11.0. The second kappa shape index (κ2) is 8.88. The molecule has 0 spiro atoms. The van der Waals surface area contributed by atoms with E-state index in [9.17, 15) is 14.7 Å². The molecule has 176 valence electrons. The van der Waals surface area contributed by atoms with E-state index in [1.165, 1.54) is 28.6 Å². The molecule has 0 radical (unpaired) electrons. The van der Waals surface area contributed by atoms with Gasteiger partial charge in [-0.3, -0.25) is 14.5 Å². The molecule has 1 atom stereocenters. The maximum Gasteiger partial charge on any atom is 0.296 e. The molecule has 1 amide bonds. The molecule has 2 aromatic carbocycles. The summed E-state index contributed by atoms with van der Waals surface area (Å²) in [6.07, 6.45) is 3.00. The van der Waals surface area contributed by atoms with Gasteiger partial charge in [-0.15, -0.1) is 0 Å². The molecular formula is C27H22N2O5S. The smallest absolute Gasteiger partial charge is 0.296 e. The Morgan fingerprint density at radius 2 is 2.09 bits per heavy atom. The fourth-order valence-electron chi connectivity index (χ4n) is 4.28. The van der Waals surface area contributed by atoms with Crippen molar-refractivity contribution in [2.45, 2.75) is 19.9 Å². The Morgan fingerprint density at radius 3 is 2.83 bits per heavy atom. The molecule has 1 aliphatic heterocycles. The number of aliphatic hydroxyl groups excluding tert-OH is 1. The van der Waals surface area contributed by atoms with Crippen LogP contribution in [0.4, 0.5) is 5.13 Å². The second-order valence-electron chi connectivity index (χ2n) is 8.24. The van der Waals surface area contributed by atoms with E-state index in [2.05, 4.69) is 6.58 Å². The van der Waals surface area contributed by atoms with Gasteiger partial charge in [-0.2, -0.15) is 0 Å². The number of carbonyl (C=O) groups is 2. The molecule has 1 aliphatic rings. The van der Waals surface area contributed by atoms with E-state index in [1.807, 2.05) is 26.0 Å². The number of Topliss-reactive ketones (excluding diaryl/α,β-unsaturated/α-hetero) is 1. The standard InChI is InChI=1S/C27H22N2O5S/c1-4-10-33-18-8-5-7-17(14-18)23-21(24(30)19-9-6-11-34-19)25(31)26(32)29(23)27-28-22-16(3)12-15(2)13-20(22)35-27/h4-9,11-14,23,31H,1,10H2,2-3H3. The van der Waals surface area contributed by atoms with Gasteiger partial charge < -0.3 is 14.3 Å². The Kier molecular flexibility index (Phi) is 5.74. The van der Waals surface area contributed by atoms with Crippen molar-refractivity contribution >= 4 is 38.4 Å². The van der Waals surface area contributed by atoms with Crippen molar-refractivity contribution in [2.75, 3.05) is 11.5 Å². The normalized spacial score (nSPS) is 15.8. The average Bonchev–Trinajstić information content (AvgIpc) is 3.57. The van der Waals surface area contributed by atoms with Crippen molar-refractivity contribution < 1.29 is 23.8 Å². The Morgan fingerprint density at radius 1 is 1.26 bits per heavy atom. The summed E-state index contributed by atoms with van der Waals surface area (Å²) in [5, 5.41) is 11.3. The summed E-state index contributed by atoms with van der Waals surface area (Å²) in [5.41, 5.74) is 3.35. The predicted octanol–water partition coefficient (Wildman–Crippen LogP) is 5.85. The fourth-order valence-corrected chi connectivity index (χ4v) is 5.45. The van der Waals surface area contributed by atoms with Crippen LogP contribution >= 0.6 is 11.3 Å². The van der Waals surface area contributed by atoms with Crippen LogP contribution in [-0.4, -0.2) is 28.4 Å². The molecule has 3 heterocycles. The lowest BCUT2D eigenvalue weighted by Crippen LogP contribution is -2.31. The number of benzene rings is 2. The minimum Gasteiger partial charge on any atom is -0.503 e. The van der Waals surface area contributed by atoms with Crippen LogP contribution in [0.2, 0.25) is 0 Å². The van der Waals surface area contributed by atoms with Gasteiger partial charge >= 0.3 is 0 Å². The third-order valence-electron chi connectivity index (χ3n) is 5.76. The van der Waals surface area contributed by atoms with Crippen LogP contribution in [0.3, 0.4) is 0 Å². The highest BCUT2D eigenvalue weighted by molar-refractivity contribution is 7.22. The monoisotopic (exact) mass is 486 g/mol. The largest absolute Gasteiger partial charge is 0.503 e. The van der Waals surface area contributed by atoms with Crippen molar-refractivity contribution in [1.82, 2.24) is 4.98 Å². The highest BCUT2D eigenvalue weighted by Crippen LogP contribution is 2.45.